The summed E-state index contributed by atoms with van der Waals surface area (Å²) in [6.45, 7) is 3.55. The summed E-state index contributed by atoms with van der Waals surface area (Å²) in [4.78, 5) is 28.3. The predicted octanol–water partition coefficient (Wildman–Crippen LogP) is 5.86. The number of hydrogen-bond acceptors (Lipinski definition) is 8. The number of pyridine rings is 2. The summed E-state index contributed by atoms with van der Waals surface area (Å²) in [6.07, 6.45) is 2.88. The lowest BCUT2D eigenvalue weighted by Crippen LogP contribution is -2.57. The third-order valence-corrected chi connectivity index (χ3v) is 9.97. The molecule has 0 N–H and O–H groups in total. The van der Waals surface area contributed by atoms with Gasteiger partial charge >= 0.3 is 0 Å². The second-order valence-corrected chi connectivity index (χ2v) is 13.0. The molecule has 3 aromatic heterocycles. The number of likely N-dealkylation sites (N-methyl/N-ethyl adjacent to an activating group) is 1. The second kappa shape index (κ2) is 12.2. The van der Waals surface area contributed by atoms with Crippen LogP contribution in [-0.4, -0.2) is 86.5 Å². The first-order valence-electron chi connectivity index (χ1n) is 15.3. The molecular weight excluding hydrogens is 640 g/mol. The van der Waals surface area contributed by atoms with Gasteiger partial charge in [0.25, 0.3) is 5.91 Å². The fraction of sp³-hybridized carbons (Fsp3) is 0.353. The summed E-state index contributed by atoms with van der Waals surface area (Å²) in [5, 5.41) is 20.6. The average molecular weight is 671 g/mol. The van der Waals surface area contributed by atoms with Crippen LogP contribution >= 0.6 is 23.2 Å². The SMILES string of the molecule is CC#CC(=O)N1CC[C@H](n2nnc3c(N4CC(N(C)C)C4)nc4c(Cl)c(-c5ccc(F)c6cccnc56)c(Cl)cc4c32)C[C@H]1CC#N. The van der Waals surface area contributed by atoms with Crippen molar-refractivity contribution < 1.29 is 9.18 Å². The molecule has 0 aliphatic carbocycles. The Morgan fingerprint density at radius 3 is 2.70 bits per heavy atom. The topological polar surface area (TPSA) is 107 Å². The van der Waals surface area contributed by atoms with Crippen LogP contribution in [0.15, 0.2) is 36.5 Å². The minimum absolute atomic E-state index is 0.163. The Balaban J connectivity index is 1.42. The van der Waals surface area contributed by atoms with Crippen molar-refractivity contribution in [1.82, 2.24) is 34.8 Å². The minimum Gasteiger partial charge on any atom is -0.351 e. The van der Waals surface area contributed by atoms with Crippen LogP contribution in [0.25, 0.3) is 44.0 Å². The number of anilines is 1. The van der Waals surface area contributed by atoms with Crippen molar-refractivity contribution in [3.05, 3.63) is 52.4 Å². The molecule has 10 nitrogen and oxygen atoms in total. The summed E-state index contributed by atoms with van der Waals surface area (Å²) in [5.41, 5.74) is 3.41. The van der Waals surface area contributed by atoms with Crippen LogP contribution in [0, 0.1) is 29.0 Å². The van der Waals surface area contributed by atoms with Gasteiger partial charge in [-0.15, -0.1) is 5.10 Å². The Kier molecular flexibility index (Phi) is 8.09. The van der Waals surface area contributed by atoms with Crippen molar-refractivity contribution in [1.29, 1.82) is 5.26 Å². The molecule has 7 rings (SSSR count). The van der Waals surface area contributed by atoms with Gasteiger partial charge in [0.05, 0.1) is 39.6 Å². The van der Waals surface area contributed by atoms with Gasteiger partial charge in [-0.3, -0.25) is 9.78 Å². The number of carbonyl (C=O) groups is 1. The van der Waals surface area contributed by atoms with Crippen molar-refractivity contribution in [2.24, 2.45) is 0 Å². The van der Waals surface area contributed by atoms with Crippen molar-refractivity contribution >= 4 is 67.8 Å². The maximum Gasteiger partial charge on any atom is 0.298 e. The minimum atomic E-state index is -0.389. The molecule has 13 heteroatoms. The number of carbonyl (C=O) groups excluding carboxylic acids is 1. The molecule has 5 heterocycles. The zero-order valence-corrected chi connectivity index (χ0v) is 27.5. The summed E-state index contributed by atoms with van der Waals surface area (Å²) in [6, 6.07) is 10.3. The Morgan fingerprint density at radius 1 is 1.15 bits per heavy atom. The maximum atomic E-state index is 14.8. The number of amides is 1. The van der Waals surface area contributed by atoms with Gasteiger partial charge in [-0.1, -0.05) is 34.3 Å². The van der Waals surface area contributed by atoms with Crippen LogP contribution in [0.5, 0.6) is 0 Å². The van der Waals surface area contributed by atoms with Crippen LogP contribution in [0.2, 0.25) is 10.0 Å². The van der Waals surface area contributed by atoms with Crippen LogP contribution < -0.4 is 4.90 Å². The average Bonchev–Trinajstić information content (AvgIpc) is 3.48. The van der Waals surface area contributed by atoms with Gasteiger partial charge in [0.2, 0.25) is 0 Å². The molecule has 238 valence electrons. The maximum absolute atomic E-state index is 14.8. The Hall–Kier alpha value is -4.55. The number of piperidine rings is 1. The first kappa shape index (κ1) is 31.1. The molecule has 0 radical (unpaired) electrons. The molecule has 2 saturated heterocycles. The van der Waals surface area contributed by atoms with Gasteiger partial charge in [0.1, 0.15) is 11.3 Å². The molecule has 1 amide bonds. The van der Waals surface area contributed by atoms with Gasteiger partial charge in [-0.25, -0.2) is 14.1 Å². The van der Waals surface area contributed by atoms with Gasteiger partial charge in [-0.2, -0.15) is 5.26 Å². The molecule has 2 aromatic carbocycles. The Morgan fingerprint density at radius 2 is 1.96 bits per heavy atom. The van der Waals surface area contributed by atoms with Crippen molar-refractivity contribution in [3.8, 4) is 29.0 Å². The lowest BCUT2D eigenvalue weighted by atomic mass is 9.94. The highest BCUT2D eigenvalue weighted by Crippen LogP contribution is 2.46. The van der Waals surface area contributed by atoms with Gasteiger partial charge in [0, 0.05) is 59.8 Å². The Bertz CT molecular complexity index is 2180. The van der Waals surface area contributed by atoms with E-state index in [0.717, 1.165) is 18.6 Å². The molecular formula is C34H30Cl2FN9O. The highest BCUT2D eigenvalue weighted by atomic mass is 35.5. The van der Waals surface area contributed by atoms with Crippen LogP contribution in [-0.2, 0) is 4.79 Å². The molecule has 2 aliphatic rings. The fourth-order valence-electron chi connectivity index (χ4n) is 6.77. The first-order chi connectivity index (χ1) is 22.7. The smallest absolute Gasteiger partial charge is 0.298 e. The van der Waals surface area contributed by atoms with E-state index in [4.69, 9.17) is 28.2 Å². The quantitative estimate of drug-likeness (QED) is 0.214. The summed E-state index contributed by atoms with van der Waals surface area (Å²) in [7, 11) is 4.10. The third kappa shape index (κ3) is 5.19. The summed E-state index contributed by atoms with van der Waals surface area (Å²) in [5.74, 6) is 5.28. The fourth-order valence-corrected chi connectivity index (χ4v) is 7.47. The third-order valence-electron chi connectivity index (χ3n) is 9.30. The number of hydrogen-bond donors (Lipinski definition) is 0. The molecule has 47 heavy (non-hydrogen) atoms. The first-order valence-corrected chi connectivity index (χ1v) is 16.1. The molecule has 0 unspecified atom stereocenters. The number of fused-ring (bicyclic) bond motifs is 4. The lowest BCUT2D eigenvalue weighted by Gasteiger charge is -2.43. The number of likely N-dealkylation sites (tertiary alicyclic amines) is 1. The van der Waals surface area contributed by atoms with Gasteiger partial charge < -0.3 is 14.7 Å². The van der Waals surface area contributed by atoms with Crippen molar-refractivity contribution in [2.75, 3.05) is 38.6 Å². The number of benzene rings is 2. The Labute approximate surface area is 280 Å². The number of halogens is 3. The van der Waals surface area contributed by atoms with Gasteiger partial charge in [0.15, 0.2) is 11.3 Å². The van der Waals surface area contributed by atoms with E-state index in [1.54, 1.807) is 36.2 Å². The second-order valence-electron chi connectivity index (χ2n) is 12.2. The molecule has 2 fully saturated rings. The summed E-state index contributed by atoms with van der Waals surface area (Å²) >= 11 is 14.3. The lowest BCUT2D eigenvalue weighted by molar-refractivity contribution is -0.129. The van der Waals surface area contributed by atoms with Gasteiger partial charge in [-0.05, 0) is 70.1 Å². The van der Waals surface area contributed by atoms with Crippen LogP contribution in [0.1, 0.15) is 32.2 Å². The highest BCUT2D eigenvalue weighted by Gasteiger charge is 2.36. The van der Waals surface area contributed by atoms with Crippen molar-refractivity contribution in [3.63, 3.8) is 0 Å². The normalized spacial score (nSPS) is 18.4. The zero-order valence-electron chi connectivity index (χ0n) is 26.0. The van der Waals surface area contributed by atoms with E-state index in [1.807, 2.05) is 10.7 Å². The van der Waals surface area contributed by atoms with E-state index < -0.39 is 0 Å². The zero-order chi connectivity index (χ0) is 33.0. The molecule has 2 atom stereocenters. The molecule has 0 saturated carbocycles. The number of nitrogens with zero attached hydrogens (tertiary/aromatic N) is 9. The largest absolute Gasteiger partial charge is 0.351 e. The van der Waals surface area contributed by atoms with E-state index in [2.05, 4.69) is 57.1 Å². The summed E-state index contributed by atoms with van der Waals surface area (Å²) < 4.78 is 16.6. The van der Waals surface area contributed by atoms with Crippen LogP contribution in [0.3, 0.4) is 0 Å². The van der Waals surface area contributed by atoms with E-state index in [-0.39, 0.29) is 30.2 Å². The standard InChI is InChI=1S/C34H30Cl2FN9O/c1-4-6-27(47)45-14-11-20(15-19(45)10-12-38)46-33-24-16-25(35)28(23-8-9-26(37)22-7-5-13-39-30(22)23)29(36)31(24)40-34(32(33)41-42-46)44-17-21(18-44)43(2)3/h5,7-9,13,16,19-21H,10-11,14-15,17-18H2,1-3H3/t19-,20+/m1/s1. The number of aromatic nitrogens is 5. The highest BCUT2D eigenvalue weighted by molar-refractivity contribution is 6.44. The van der Waals surface area contributed by atoms with E-state index in [1.165, 1.54) is 6.07 Å². The predicted molar refractivity (Wildman–Crippen MR) is 181 cm³/mol. The molecule has 0 spiro atoms. The van der Waals surface area contributed by atoms with E-state index in [0.29, 0.717) is 79.7 Å². The van der Waals surface area contributed by atoms with Crippen LogP contribution in [0.4, 0.5) is 10.2 Å². The van der Waals surface area contributed by atoms with E-state index in [9.17, 15) is 14.4 Å². The number of rotatable bonds is 5. The van der Waals surface area contributed by atoms with E-state index >= 15 is 0 Å². The molecule has 5 aromatic rings. The van der Waals surface area contributed by atoms with Crippen molar-refractivity contribution in [2.45, 2.75) is 44.3 Å². The molecule has 2 aliphatic heterocycles. The molecule has 0 bridgehead atoms. The number of nitriles is 1. The monoisotopic (exact) mass is 669 g/mol.